The summed E-state index contributed by atoms with van der Waals surface area (Å²) in [7, 11) is 0. The Balaban J connectivity index is 2.44. The van der Waals surface area contributed by atoms with E-state index in [-0.39, 0.29) is 18.0 Å². The van der Waals surface area contributed by atoms with Crippen molar-refractivity contribution in [3.63, 3.8) is 0 Å². The highest BCUT2D eigenvalue weighted by molar-refractivity contribution is 7.10. The molecule has 1 rings (SSSR count). The van der Waals surface area contributed by atoms with Gasteiger partial charge < -0.3 is 11.1 Å². The second-order valence-electron chi connectivity index (χ2n) is 3.64. The van der Waals surface area contributed by atoms with E-state index in [0.29, 0.717) is 0 Å². The predicted molar refractivity (Wildman–Crippen MR) is 63.8 cm³/mol. The first-order valence-corrected chi connectivity index (χ1v) is 6.12. The maximum atomic E-state index is 11.6. The normalized spacial score (nSPS) is 14.6. The number of hydrogen-bond donors (Lipinski definition) is 2. The molecule has 0 aliphatic heterocycles. The van der Waals surface area contributed by atoms with Crippen LogP contribution >= 0.6 is 11.3 Å². The average molecular weight is 226 g/mol. The van der Waals surface area contributed by atoms with Gasteiger partial charge in [-0.2, -0.15) is 0 Å². The van der Waals surface area contributed by atoms with Crippen molar-refractivity contribution in [2.24, 2.45) is 5.73 Å². The molecule has 84 valence electrons. The van der Waals surface area contributed by atoms with Gasteiger partial charge in [-0.25, -0.2) is 0 Å². The molecule has 1 unspecified atom stereocenters. The van der Waals surface area contributed by atoms with Crippen LogP contribution < -0.4 is 11.1 Å². The van der Waals surface area contributed by atoms with Gasteiger partial charge in [0.2, 0.25) is 5.91 Å². The van der Waals surface area contributed by atoms with E-state index in [4.69, 9.17) is 5.73 Å². The second kappa shape index (κ2) is 5.88. The minimum atomic E-state index is -0.377. The summed E-state index contributed by atoms with van der Waals surface area (Å²) in [6.45, 7) is 4.00. The van der Waals surface area contributed by atoms with Crippen LogP contribution in [0.3, 0.4) is 0 Å². The lowest BCUT2D eigenvalue weighted by atomic mass is 10.1. The molecular formula is C11H18N2OS. The van der Waals surface area contributed by atoms with Gasteiger partial charge in [0.25, 0.3) is 0 Å². The predicted octanol–water partition coefficient (Wildman–Crippen LogP) is 2.05. The summed E-state index contributed by atoms with van der Waals surface area (Å²) in [4.78, 5) is 12.8. The molecule has 2 atom stereocenters. The number of hydrogen-bond acceptors (Lipinski definition) is 3. The highest BCUT2D eigenvalue weighted by Gasteiger charge is 2.15. The number of thiophene rings is 1. The summed E-state index contributed by atoms with van der Waals surface area (Å²) in [5, 5.41) is 4.92. The van der Waals surface area contributed by atoms with E-state index in [1.807, 2.05) is 31.4 Å². The highest BCUT2D eigenvalue weighted by atomic mass is 32.1. The third kappa shape index (κ3) is 3.64. The maximum absolute atomic E-state index is 11.6. The van der Waals surface area contributed by atoms with E-state index in [1.54, 1.807) is 11.3 Å². The monoisotopic (exact) mass is 226 g/mol. The fraction of sp³-hybridized carbons (Fsp3) is 0.545. The number of nitrogens with two attached hydrogens (primary N) is 1. The maximum Gasteiger partial charge on any atom is 0.237 e. The molecule has 0 bridgehead atoms. The van der Waals surface area contributed by atoms with Crippen LogP contribution in [0.25, 0.3) is 0 Å². The Morgan fingerprint density at radius 3 is 2.93 bits per heavy atom. The molecule has 1 heterocycles. The molecule has 0 fully saturated rings. The summed E-state index contributed by atoms with van der Waals surface area (Å²) in [5.74, 6) is -0.0576. The Hall–Kier alpha value is -0.870. The largest absolute Gasteiger partial charge is 0.347 e. The summed E-state index contributed by atoms with van der Waals surface area (Å²) in [6, 6.07) is 3.67. The van der Waals surface area contributed by atoms with Crippen molar-refractivity contribution in [2.75, 3.05) is 0 Å². The van der Waals surface area contributed by atoms with Crippen molar-refractivity contribution < 1.29 is 4.79 Å². The lowest BCUT2D eigenvalue weighted by molar-refractivity contribution is -0.123. The fourth-order valence-corrected chi connectivity index (χ4v) is 2.11. The number of nitrogens with one attached hydrogen (secondary N) is 1. The molecule has 4 heteroatoms. The minimum absolute atomic E-state index is 0.0559. The SMILES string of the molecule is CCCC(N)C(=O)N[C@@H](C)c1cccs1. The topological polar surface area (TPSA) is 55.1 Å². The fourth-order valence-electron chi connectivity index (χ4n) is 1.37. The molecule has 0 radical (unpaired) electrons. The zero-order chi connectivity index (χ0) is 11.3. The van der Waals surface area contributed by atoms with Gasteiger partial charge in [-0.15, -0.1) is 11.3 Å². The van der Waals surface area contributed by atoms with Gasteiger partial charge in [-0.1, -0.05) is 19.4 Å². The Labute approximate surface area is 94.7 Å². The molecule has 3 N–H and O–H groups in total. The minimum Gasteiger partial charge on any atom is -0.347 e. The summed E-state index contributed by atoms with van der Waals surface area (Å²) >= 11 is 1.64. The molecule has 0 saturated carbocycles. The number of amides is 1. The van der Waals surface area contributed by atoms with E-state index in [2.05, 4.69) is 5.32 Å². The highest BCUT2D eigenvalue weighted by Crippen LogP contribution is 2.18. The van der Waals surface area contributed by atoms with E-state index in [9.17, 15) is 4.79 Å². The zero-order valence-corrected chi connectivity index (χ0v) is 10.0. The van der Waals surface area contributed by atoms with Crippen LogP contribution in [0.1, 0.15) is 37.6 Å². The van der Waals surface area contributed by atoms with Crippen molar-refractivity contribution in [2.45, 2.75) is 38.8 Å². The van der Waals surface area contributed by atoms with Crippen LogP contribution in [0.4, 0.5) is 0 Å². The molecule has 3 nitrogen and oxygen atoms in total. The van der Waals surface area contributed by atoms with Crippen LogP contribution in [0.5, 0.6) is 0 Å². The molecule has 0 aromatic carbocycles. The molecule has 0 saturated heterocycles. The van der Waals surface area contributed by atoms with Crippen molar-refractivity contribution in [3.05, 3.63) is 22.4 Å². The second-order valence-corrected chi connectivity index (χ2v) is 4.62. The van der Waals surface area contributed by atoms with Crippen LogP contribution in [0, 0.1) is 0 Å². The molecular weight excluding hydrogens is 208 g/mol. The molecule has 1 aromatic rings. The Morgan fingerprint density at radius 2 is 2.40 bits per heavy atom. The van der Waals surface area contributed by atoms with E-state index >= 15 is 0 Å². The van der Waals surface area contributed by atoms with Crippen molar-refractivity contribution in [1.29, 1.82) is 0 Å². The van der Waals surface area contributed by atoms with Crippen LogP contribution in [0.15, 0.2) is 17.5 Å². The van der Waals surface area contributed by atoms with E-state index in [0.717, 1.165) is 17.7 Å². The Morgan fingerprint density at radius 1 is 1.67 bits per heavy atom. The summed E-state index contributed by atoms with van der Waals surface area (Å²) in [5.41, 5.74) is 5.72. The summed E-state index contributed by atoms with van der Waals surface area (Å²) in [6.07, 6.45) is 1.67. The third-order valence-electron chi connectivity index (χ3n) is 2.27. The first-order chi connectivity index (χ1) is 7.15. The van der Waals surface area contributed by atoms with Gasteiger partial charge in [0, 0.05) is 4.88 Å². The first kappa shape index (κ1) is 12.2. The van der Waals surface area contributed by atoms with E-state index in [1.165, 1.54) is 0 Å². The van der Waals surface area contributed by atoms with Crippen LogP contribution in [-0.4, -0.2) is 11.9 Å². The molecule has 0 spiro atoms. The third-order valence-corrected chi connectivity index (χ3v) is 3.32. The smallest absolute Gasteiger partial charge is 0.237 e. The lowest BCUT2D eigenvalue weighted by Crippen LogP contribution is -2.41. The molecule has 1 amide bonds. The number of carbonyl (C=O) groups is 1. The van der Waals surface area contributed by atoms with Crippen LogP contribution in [0.2, 0.25) is 0 Å². The van der Waals surface area contributed by atoms with Crippen molar-refractivity contribution >= 4 is 17.2 Å². The van der Waals surface area contributed by atoms with Gasteiger partial charge in [-0.3, -0.25) is 4.79 Å². The Kier molecular flexibility index (Phi) is 4.78. The summed E-state index contributed by atoms with van der Waals surface area (Å²) < 4.78 is 0. The molecule has 15 heavy (non-hydrogen) atoms. The van der Waals surface area contributed by atoms with Gasteiger partial charge in [0.1, 0.15) is 0 Å². The number of carbonyl (C=O) groups excluding carboxylic acids is 1. The van der Waals surface area contributed by atoms with Crippen molar-refractivity contribution in [3.8, 4) is 0 Å². The van der Waals surface area contributed by atoms with Gasteiger partial charge in [0.15, 0.2) is 0 Å². The molecule has 0 aliphatic rings. The van der Waals surface area contributed by atoms with Crippen LogP contribution in [-0.2, 0) is 4.79 Å². The first-order valence-electron chi connectivity index (χ1n) is 5.24. The standard InChI is InChI=1S/C11H18N2OS/c1-3-5-9(12)11(14)13-8(2)10-6-4-7-15-10/h4,6-9H,3,5,12H2,1-2H3,(H,13,14)/t8-,9?/m0/s1. The van der Waals surface area contributed by atoms with Gasteiger partial charge >= 0.3 is 0 Å². The molecule has 1 aromatic heterocycles. The lowest BCUT2D eigenvalue weighted by Gasteiger charge is -2.15. The van der Waals surface area contributed by atoms with Gasteiger partial charge in [-0.05, 0) is 24.8 Å². The quantitative estimate of drug-likeness (QED) is 0.807. The number of rotatable bonds is 5. The van der Waals surface area contributed by atoms with Gasteiger partial charge in [0.05, 0.1) is 12.1 Å². The Bertz CT molecular complexity index is 298. The zero-order valence-electron chi connectivity index (χ0n) is 9.19. The average Bonchev–Trinajstić information content (AvgIpc) is 2.70. The van der Waals surface area contributed by atoms with E-state index < -0.39 is 0 Å². The molecule has 0 aliphatic carbocycles. The van der Waals surface area contributed by atoms with Crippen molar-refractivity contribution in [1.82, 2.24) is 5.32 Å².